The third kappa shape index (κ3) is 4.68. The molecule has 0 aliphatic carbocycles. The van der Waals surface area contributed by atoms with Gasteiger partial charge in [0.05, 0.1) is 23.1 Å². The van der Waals surface area contributed by atoms with Crippen LogP contribution in [0.4, 0.5) is 5.69 Å². The average Bonchev–Trinajstić information content (AvgIpc) is 2.68. The summed E-state index contributed by atoms with van der Waals surface area (Å²) in [6.45, 7) is 0.288. The summed E-state index contributed by atoms with van der Waals surface area (Å²) in [6.07, 6.45) is 0.296. The molecule has 7 nitrogen and oxygen atoms in total. The van der Waals surface area contributed by atoms with E-state index in [-0.39, 0.29) is 10.6 Å². The molecule has 0 unspecified atom stereocenters. The van der Waals surface area contributed by atoms with Crippen molar-refractivity contribution in [2.45, 2.75) is 6.42 Å². The third-order valence-electron chi connectivity index (χ3n) is 3.69. The van der Waals surface area contributed by atoms with E-state index in [9.17, 15) is 9.59 Å². The quantitative estimate of drug-likeness (QED) is 0.793. The van der Waals surface area contributed by atoms with Crippen molar-refractivity contribution in [2.75, 3.05) is 25.1 Å². The van der Waals surface area contributed by atoms with E-state index in [1.165, 1.54) is 12.1 Å². The molecule has 3 rings (SSSR count). The van der Waals surface area contributed by atoms with Crippen molar-refractivity contribution in [1.29, 1.82) is 5.26 Å². The summed E-state index contributed by atoms with van der Waals surface area (Å²) in [5, 5.41) is 11.5. The van der Waals surface area contributed by atoms with Gasteiger partial charge in [-0.3, -0.25) is 4.79 Å². The number of anilines is 1. The van der Waals surface area contributed by atoms with Gasteiger partial charge in [0.2, 0.25) is 0 Å². The summed E-state index contributed by atoms with van der Waals surface area (Å²) in [5.41, 5.74) is 1.55. The monoisotopic (exact) mass is 386 g/mol. The van der Waals surface area contributed by atoms with Crippen molar-refractivity contribution in [3.05, 3.63) is 52.5 Å². The van der Waals surface area contributed by atoms with Gasteiger partial charge in [-0.2, -0.15) is 5.26 Å². The summed E-state index contributed by atoms with van der Waals surface area (Å²) < 4.78 is 15.8. The normalized spacial score (nSPS) is 12.0. The van der Waals surface area contributed by atoms with Crippen LogP contribution in [0.25, 0.3) is 0 Å². The Morgan fingerprint density at radius 3 is 2.67 bits per heavy atom. The molecule has 2 aromatic carbocycles. The van der Waals surface area contributed by atoms with Gasteiger partial charge in [0.15, 0.2) is 18.1 Å². The Hall–Kier alpha value is -3.24. The molecule has 0 radical (unpaired) electrons. The highest BCUT2D eigenvalue weighted by atomic mass is 35.5. The Labute approximate surface area is 160 Å². The zero-order valence-corrected chi connectivity index (χ0v) is 14.9. The zero-order chi connectivity index (χ0) is 19.2. The van der Waals surface area contributed by atoms with Crippen LogP contribution in [-0.2, 0) is 16.0 Å². The number of amides is 1. The Balaban J connectivity index is 1.56. The number of hydrogen-bond donors (Lipinski definition) is 1. The second-order valence-corrected chi connectivity index (χ2v) is 6.05. The van der Waals surface area contributed by atoms with E-state index < -0.39 is 18.5 Å². The standard InChI is InChI=1S/C19H15ClN2O5/c20-15-9-13(10-16-18(15)26-8-7-25-16)19(24)27-11-17(23)22-14-3-1-12(2-4-14)5-6-21/h1-4,9-10H,5,7-8,11H2,(H,22,23). The van der Waals surface area contributed by atoms with Gasteiger partial charge in [0.25, 0.3) is 5.91 Å². The fourth-order valence-corrected chi connectivity index (χ4v) is 2.70. The Morgan fingerprint density at radius 1 is 1.19 bits per heavy atom. The minimum absolute atomic E-state index is 0.165. The number of ether oxygens (including phenoxy) is 3. The highest BCUT2D eigenvalue weighted by Crippen LogP contribution is 2.38. The van der Waals surface area contributed by atoms with Crippen LogP contribution >= 0.6 is 11.6 Å². The van der Waals surface area contributed by atoms with E-state index in [2.05, 4.69) is 5.32 Å². The van der Waals surface area contributed by atoms with Crippen LogP contribution in [0.2, 0.25) is 5.02 Å². The number of carbonyl (C=O) groups is 2. The van der Waals surface area contributed by atoms with Gasteiger partial charge in [-0.05, 0) is 29.8 Å². The predicted molar refractivity (Wildman–Crippen MR) is 97.1 cm³/mol. The summed E-state index contributed by atoms with van der Waals surface area (Å²) in [5.74, 6) is -0.437. The molecule has 27 heavy (non-hydrogen) atoms. The SMILES string of the molecule is N#CCc1ccc(NC(=O)COC(=O)c2cc(Cl)c3c(c2)OCCO3)cc1. The molecule has 1 heterocycles. The molecule has 1 aliphatic rings. The van der Waals surface area contributed by atoms with Crippen LogP contribution in [-0.4, -0.2) is 31.7 Å². The fourth-order valence-electron chi connectivity index (χ4n) is 2.44. The summed E-state index contributed by atoms with van der Waals surface area (Å²) in [7, 11) is 0. The molecular formula is C19H15ClN2O5. The number of fused-ring (bicyclic) bond motifs is 1. The van der Waals surface area contributed by atoms with Crippen LogP contribution in [0.1, 0.15) is 15.9 Å². The van der Waals surface area contributed by atoms with Gasteiger partial charge in [-0.25, -0.2) is 4.79 Å². The number of carbonyl (C=O) groups excluding carboxylic acids is 2. The van der Waals surface area contributed by atoms with Gasteiger partial charge in [0, 0.05) is 5.69 Å². The Kier molecular flexibility index (Phi) is 5.79. The molecule has 0 saturated carbocycles. The number of hydrogen-bond acceptors (Lipinski definition) is 6. The lowest BCUT2D eigenvalue weighted by atomic mass is 10.1. The van der Waals surface area contributed by atoms with Crippen molar-refractivity contribution in [3.63, 3.8) is 0 Å². The van der Waals surface area contributed by atoms with Crippen LogP contribution in [0.3, 0.4) is 0 Å². The fraction of sp³-hybridized carbons (Fsp3) is 0.211. The molecule has 2 aromatic rings. The minimum atomic E-state index is -0.701. The van der Waals surface area contributed by atoms with E-state index >= 15 is 0 Å². The summed E-state index contributed by atoms with van der Waals surface area (Å²) >= 11 is 6.08. The maximum absolute atomic E-state index is 12.2. The number of halogens is 1. The summed E-state index contributed by atoms with van der Waals surface area (Å²) in [4.78, 5) is 24.1. The van der Waals surface area contributed by atoms with Gasteiger partial charge in [-0.15, -0.1) is 0 Å². The van der Waals surface area contributed by atoms with E-state index in [1.807, 2.05) is 6.07 Å². The third-order valence-corrected chi connectivity index (χ3v) is 3.97. The molecule has 1 aliphatic heterocycles. The number of nitriles is 1. The molecule has 0 bridgehead atoms. The molecule has 138 valence electrons. The van der Waals surface area contributed by atoms with Gasteiger partial charge in [0.1, 0.15) is 13.2 Å². The van der Waals surface area contributed by atoms with Crippen LogP contribution < -0.4 is 14.8 Å². The number of nitrogens with zero attached hydrogens (tertiary/aromatic N) is 1. The first kappa shape index (κ1) is 18.5. The lowest BCUT2D eigenvalue weighted by molar-refractivity contribution is -0.119. The Bertz CT molecular complexity index is 906. The van der Waals surface area contributed by atoms with Crippen molar-refractivity contribution in [1.82, 2.24) is 0 Å². The number of nitrogens with one attached hydrogen (secondary N) is 1. The average molecular weight is 387 g/mol. The number of esters is 1. The highest BCUT2D eigenvalue weighted by molar-refractivity contribution is 6.32. The smallest absolute Gasteiger partial charge is 0.338 e. The number of benzene rings is 2. The van der Waals surface area contributed by atoms with Gasteiger partial charge in [-0.1, -0.05) is 23.7 Å². The second-order valence-electron chi connectivity index (χ2n) is 5.64. The van der Waals surface area contributed by atoms with Crippen LogP contribution in [0.15, 0.2) is 36.4 Å². The maximum Gasteiger partial charge on any atom is 0.338 e. The van der Waals surface area contributed by atoms with E-state index in [0.717, 1.165) is 5.56 Å². The Morgan fingerprint density at radius 2 is 1.93 bits per heavy atom. The molecule has 8 heteroatoms. The maximum atomic E-state index is 12.2. The van der Waals surface area contributed by atoms with Gasteiger partial charge < -0.3 is 19.5 Å². The molecule has 0 fully saturated rings. The van der Waals surface area contributed by atoms with Crippen molar-refractivity contribution < 1.29 is 23.8 Å². The molecule has 0 spiro atoms. The van der Waals surface area contributed by atoms with E-state index in [4.69, 9.17) is 31.1 Å². The molecule has 1 amide bonds. The summed E-state index contributed by atoms with van der Waals surface area (Å²) in [6, 6.07) is 11.7. The second kappa shape index (κ2) is 8.43. The van der Waals surface area contributed by atoms with Crippen molar-refractivity contribution >= 4 is 29.2 Å². The van der Waals surface area contributed by atoms with Crippen molar-refractivity contribution in [3.8, 4) is 17.6 Å². The lowest BCUT2D eigenvalue weighted by Gasteiger charge is -2.19. The first-order valence-electron chi connectivity index (χ1n) is 8.09. The van der Waals surface area contributed by atoms with Crippen LogP contribution in [0.5, 0.6) is 11.5 Å². The number of rotatable bonds is 5. The minimum Gasteiger partial charge on any atom is -0.486 e. The zero-order valence-electron chi connectivity index (χ0n) is 14.2. The predicted octanol–water partition coefficient (Wildman–Crippen LogP) is 2.97. The topological polar surface area (TPSA) is 97.7 Å². The molecule has 1 N–H and O–H groups in total. The largest absolute Gasteiger partial charge is 0.486 e. The highest BCUT2D eigenvalue weighted by Gasteiger charge is 2.20. The van der Waals surface area contributed by atoms with Gasteiger partial charge >= 0.3 is 5.97 Å². The first-order valence-corrected chi connectivity index (χ1v) is 8.46. The van der Waals surface area contributed by atoms with E-state index in [1.54, 1.807) is 24.3 Å². The lowest BCUT2D eigenvalue weighted by Crippen LogP contribution is -2.21. The first-order chi connectivity index (χ1) is 13.1. The molecule has 0 aromatic heterocycles. The molecule has 0 saturated heterocycles. The molecule has 0 atom stereocenters. The van der Waals surface area contributed by atoms with E-state index in [0.29, 0.717) is 36.8 Å². The van der Waals surface area contributed by atoms with Crippen LogP contribution in [0, 0.1) is 11.3 Å². The molecular weight excluding hydrogens is 372 g/mol. The van der Waals surface area contributed by atoms with Crippen molar-refractivity contribution in [2.24, 2.45) is 0 Å².